The molecule has 2 aromatic heterocycles. The van der Waals surface area contributed by atoms with E-state index in [1.165, 1.54) is 24.3 Å². The van der Waals surface area contributed by atoms with Crippen LogP contribution in [0.3, 0.4) is 0 Å². The van der Waals surface area contributed by atoms with Gasteiger partial charge in [0.2, 0.25) is 5.89 Å². The smallest absolute Gasteiger partial charge is 0.223 e. The minimum atomic E-state index is -0.950. The average Bonchev–Trinajstić information content (AvgIpc) is 3.09. The maximum atomic E-state index is 12.9. The van der Waals surface area contributed by atoms with Crippen molar-refractivity contribution in [1.82, 2.24) is 19.7 Å². The van der Waals surface area contributed by atoms with Crippen molar-refractivity contribution >= 4 is 0 Å². The molecular weight excluding hydrogens is 275 g/mol. The highest BCUT2D eigenvalue weighted by Crippen LogP contribution is 2.21. The van der Waals surface area contributed by atoms with Crippen LogP contribution < -0.4 is 0 Å². The molecule has 0 spiro atoms. The Kier molecular flexibility index (Phi) is 3.49. The van der Waals surface area contributed by atoms with Crippen molar-refractivity contribution in [3.63, 3.8) is 0 Å². The van der Waals surface area contributed by atoms with Gasteiger partial charge in [-0.05, 0) is 17.7 Å². The normalized spacial score (nSPS) is 12.5. The van der Waals surface area contributed by atoms with Gasteiger partial charge in [0.05, 0.1) is 6.54 Å². The summed E-state index contributed by atoms with van der Waals surface area (Å²) in [4.78, 5) is 8.26. The van der Waals surface area contributed by atoms with Crippen LogP contribution in [0.15, 0.2) is 41.2 Å². The van der Waals surface area contributed by atoms with E-state index in [2.05, 4.69) is 15.1 Å². The fourth-order valence-electron chi connectivity index (χ4n) is 2.05. The highest BCUT2D eigenvalue weighted by atomic mass is 19.1. The van der Waals surface area contributed by atoms with Crippen LogP contribution in [0.1, 0.15) is 29.2 Å². The number of rotatable bonds is 4. The van der Waals surface area contributed by atoms with Crippen LogP contribution in [0, 0.1) is 12.7 Å². The van der Waals surface area contributed by atoms with Crippen molar-refractivity contribution in [3.8, 4) is 0 Å². The molecule has 0 amide bonds. The highest BCUT2D eigenvalue weighted by Gasteiger charge is 2.17. The van der Waals surface area contributed by atoms with Gasteiger partial charge in [0.25, 0.3) is 0 Å². The first kappa shape index (κ1) is 13.4. The summed E-state index contributed by atoms with van der Waals surface area (Å²) in [5.41, 5.74) is 0.563. The summed E-state index contributed by atoms with van der Waals surface area (Å²) in [5.74, 6) is 1.06. The molecule has 0 bridgehead atoms. The van der Waals surface area contributed by atoms with Crippen LogP contribution in [0.4, 0.5) is 4.39 Å². The molecule has 0 aliphatic rings. The van der Waals surface area contributed by atoms with E-state index < -0.39 is 6.10 Å². The Hall–Kier alpha value is -2.54. The molecule has 2 heterocycles. The standard InChI is InChI=1S/C14H13FN4O2/c1-9-17-12(18-21-9)8-19-7-6-16-14(19)13(20)10-2-4-11(15)5-3-10/h2-7,13,20H,8H2,1H3. The second-order valence-corrected chi connectivity index (χ2v) is 4.60. The number of nitrogens with zero attached hydrogens (tertiary/aromatic N) is 4. The molecule has 0 fully saturated rings. The van der Waals surface area contributed by atoms with E-state index >= 15 is 0 Å². The predicted octanol–water partition coefficient (Wildman–Crippen LogP) is 1.84. The zero-order valence-corrected chi connectivity index (χ0v) is 11.3. The molecule has 0 radical (unpaired) electrons. The number of benzene rings is 1. The van der Waals surface area contributed by atoms with E-state index in [9.17, 15) is 9.50 Å². The van der Waals surface area contributed by atoms with Gasteiger partial charge >= 0.3 is 0 Å². The SMILES string of the molecule is Cc1nc(Cn2ccnc2C(O)c2ccc(F)cc2)no1. The van der Waals surface area contributed by atoms with Gasteiger partial charge in [-0.25, -0.2) is 9.37 Å². The molecule has 21 heavy (non-hydrogen) atoms. The lowest BCUT2D eigenvalue weighted by atomic mass is 10.1. The molecule has 0 saturated carbocycles. The third-order valence-electron chi connectivity index (χ3n) is 3.06. The molecule has 7 heteroatoms. The average molecular weight is 288 g/mol. The van der Waals surface area contributed by atoms with Crippen LogP contribution in [0.2, 0.25) is 0 Å². The van der Waals surface area contributed by atoms with Crippen LogP contribution in [-0.4, -0.2) is 24.8 Å². The predicted molar refractivity (Wildman–Crippen MR) is 70.8 cm³/mol. The van der Waals surface area contributed by atoms with Crippen molar-refractivity contribution in [3.05, 3.63) is 65.6 Å². The molecule has 0 aliphatic carbocycles. The van der Waals surface area contributed by atoms with E-state index in [1.807, 2.05) is 0 Å². The van der Waals surface area contributed by atoms with Crippen molar-refractivity contribution in [2.24, 2.45) is 0 Å². The highest BCUT2D eigenvalue weighted by molar-refractivity contribution is 5.23. The third-order valence-corrected chi connectivity index (χ3v) is 3.06. The van der Waals surface area contributed by atoms with E-state index in [-0.39, 0.29) is 5.82 Å². The first-order chi connectivity index (χ1) is 10.1. The fourth-order valence-corrected chi connectivity index (χ4v) is 2.05. The topological polar surface area (TPSA) is 77.0 Å². The van der Waals surface area contributed by atoms with Gasteiger partial charge in [0, 0.05) is 19.3 Å². The Labute approximate surface area is 119 Å². The summed E-state index contributed by atoms with van der Waals surface area (Å²) in [6, 6.07) is 5.65. The Morgan fingerprint density at radius 3 is 2.76 bits per heavy atom. The number of halogens is 1. The van der Waals surface area contributed by atoms with Gasteiger partial charge < -0.3 is 14.2 Å². The largest absolute Gasteiger partial charge is 0.380 e. The van der Waals surface area contributed by atoms with Gasteiger partial charge in [-0.3, -0.25) is 0 Å². The van der Waals surface area contributed by atoms with E-state index in [4.69, 9.17) is 4.52 Å². The van der Waals surface area contributed by atoms with Crippen molar-refractivity contribution in [2.45, 2.75) is 19.6 Å². The fraction of sp³-hybridized carbons (Fsp3) is 0.214. The molecule has 0 aliphatic heterocycles. The Bertz CT molecular complexity index is 736. The molecule has 1 unspecified atom stereocenters. The molecule has 1 atom stereocenters. The zero-order valence-electron chi connectivity index (χ0n) is 11.3. The minimum absolute atomic E-state index is 0.338. The van der Waals surface area contributed by atoms with E-state index in [0.29, 0.717) is 29.6 Å². The monoisotopic (exact) mass is 288 g/mol. The summed E-state index contributed by atoms with van der Waals surface area (Å²) in [5, 5.41) is 14.2. The number of aryl methyl sites for hydroxylation is 1. The second-order valence-electron chi connectivity index (χ2n) is 4.60. The lowest BCUT2D eigenvalue weighted by Gasteiger charge is -2.12. The number of aliphatic hydroxyl groups is 1. The number of imidazole rings is 1. The molecule has 3 aromatic rings. The van der Waals surface area contributed by atoms with Gasteiger partial charge in [0.1, 0.15) is 17.7 Å². The van der Waals surface area contributed by atoms with Gasteiger partial charge in [-0.1, -0.05) is 17.3 Å². The molecule has 1 N–H and O–H groups in total. The van der Waals surface area contributed by atoms with E-state index in [1.54, 1.807) is 23.9 Å². The summed E-state index contributed by atoms with van der Waals surface area (Å²) in [7, 11) is 0. The van der Waals surface area contributed by atoms with Crippen LogP contribution in [0.5, 0.6) is 0 Å². The molecule has 1 aromatic carbocycles. The summed E-state index contributed by atoms with van der Waals surface area (Å²) in [6.07, 6.45) is 2.34. The molecular formula is C14H13FN4O2. The van der Waals surface area contributed by atoms with Crippen molar-refractivity contribution in [2.75, 3.05) is 0 Å². The van der Waals surface area contributed by atoms with Crippen molar-refractivity contribution < 1.29 is 14.0 Å². The lowest BCUT2D eigenvalue weighted by molar-refractivity contribution is 0.205. The maximum Gasteiger partial charge on any atom is 0.223 e. The number of hydrogen-bond acceptors (Lipinski definition) is 5. The van der Waals surface area contributed by atoms with Crippen LogP contribution in [0.25, 0.3) is 0 Å². The maximum absolute atomic E-state index is 12.9. The van der Waals surface area contributed by atoms with Crippen LogP contribution >= 0.6 is 0 Å². The van der Waals surface area contributed by atoms with Gasteiger partial charge in [-0.2, -0.15) is 4.98 Å². The van der Waals surface area contributed by atoms with Gasteiger partial charge in [0.15, 0.2) is 5.82 Å². The first-order valence-electron chi connectivity index (χ1n) is 6.37. The number of hydrogen-bond donors (Lipinski definition) is 1. The Morgan fingerprint density at radius 1 is 1.33 bits per heavy atom. The zero-order chi connectivity index (χ0) is 14.8. The molecule has 0 saturated heterocycles. The number of aliphatic hydroxyl groups excluding tert-OH is 1. The number of aromatic nitrogens is 4. The molecule has 6 nitrogen and oxygen atoms in total. The lowest BCUT2D eigenvalue weighted by Crippen LogP contribution is -2.11. The summed E-state index contributed by atoms with van der Waals surface area (Å²) >= 11 is 0. The third kappa shape index (κ3) is 2.82. The Balaban J connectivity index is 1.86. The van der Waals surface area contributed by atoms with Gasteiger partial charge in [-0.15, -0.1) is 0 Å². The Morgan fingerprint density at radius 2 is 2.10 bits per heavy atom. The molecule has 108 valence electrons. The molecule has 3 rings (SSSR count). The van der Waals surface area contributed by atoms with Crippen LogP contribution in [-0.2, 0) is 6.54 Å². The summed E-state index contributed by atoms with van der Waals surface area (Å²) in [6.45, 7) is 2.05. The summed E-state index contributed by atoms with van der Waals surface area (Å²) < 4.78 is 19.6. The van der Waals surface area contributed by atoms with Crippen molar-refractivity contribution in [1.29, 1.82) is 0 Å². The second kappa shape index (κ2) is 5.45. The first-order valence-corrected chi connectivity index (χ1v) is 6.37. The van der Waals surface area contributed by atoms with E-state index in [0.717, 1.165) is 0 Å². The quantitative estimate of drug-likeness (QED) is 0.792. The minimum Gasteiger partial charge on any atom is -0.380 e.